The number of pyridine rings is 1. The van der Waals surface area contributed by atoms with Gasteiger partial charge in [0.05, 0.1) is 10.5 Å². The second-order valence-corrected chi connectivity index (χ2v) is 5.10. The molecule has 0 aliphatic heterocycles. The molecule has 104 valence electrons. The minimum absolute atomic E-state index is 0.00769. The van der Waals surface area contributed by atoms with Crippen LogP contribution in [0.25, 0.3) is 10.9 Å². The maximum Gasteiger partial charge on any atom is 0.167 e. The molecule has 1 aromatic heterocycles. The number of carbonyl (C=O) groups excluding carboxylic acids is 1. The van der Waals surface area contributed by atoms with Crippen LogP contribution in [0.15, 0.2) is 54.7 Å². The second-order valence-electron chi connectivity index (χ2n) is 4.72. The van der Waals surface area contributed by atoms with E-state index in [1.807, 2.05) is 12.1 Å². The van der Waals surface area contributed by atoms with Gasteiger partial charge in [-0.3, -0.25) is 9.78 Å². The molecular formula is C17H11ClFNO. The van der Waals surface area contributed by atoms with E-state index < -0.39 is 5.82 Å². The molecule has 0 saturated carbocycles. The third kappa shape index (κ3) is 2.78. The van der Waals surface area contributed by atoms with Gasteiger partial charge in [0.15, 0.2) is 5.78 Å². The lowest BCUT2D eigenvalue weighted by atomic mass is 10.0. The van der Waals surface area contributed by atoms with Gasteiger partial charge < -0.3 is 0 Å². The van der Waals surface area contributed by atoms with Crippen LogP contribution in [0.2, 0.25) is 5.02 Å². The van der Waals surface area contributed by atoms with Crippen LogP contribution >= 0.6 is 11.6 Å². The average Bonchev–Trinajstić information content (AvgIpc) is 2.51. The SMILES string of the molecule is O=C(Cc1cccc(F)c1Cl)c1ccc2ncccc2c1. The van der Waals surface area contributed by atoms with Gasteiger partial charge in [-0.2, -0.15) is 0 Å². The Balaban J connectivity index is 1.91. The van der Waals surface area contributed by atoms with Crippen LogP contribution in [0.1, 0.15) is 15.9 Å². The Morgan fingerprint density at radius 3 is 2.86 bits per heavy atom. The van der Waals surface area contributed by atoms with E-state index in [-0.39, 0.29) is 17.2 Å². The summed E-state index contributed by atoms with van der Waals surface area (Å²) >= 11 is 5.88. The van der Waals surface area contributed by atoms with Crippen molar-refractivity contribution in [1.29, 1.82) is 0 Å². The molecule has 0 radical (unpaired) electrons. The van der Waals surface area contributed by atoms with E-state index in [4.69, 9.17) is 11.6 Å². The summed E-state index contributed by atoms with van der Waals surface area (Å²) in [6.07, 6.45) is 1.78. The van der Waals surface area contributed by atoms with Crippen molar-refractivity contribution in [1.82, 2.24) is 4.98 Å². The smallest absolute Gasteiger partial charge is 0.167 e. The number of hydrogen-bond donors (Lipinski definition) is 0. The number of hydrogen-bond acceptors (Lipinski definition) is 2. The summed E-state index contributed by atoms with van der Waals surface area (Å²) in [7, 11) is 0. The molecule has 0 aliphatic carbocycles. The maximum absolute atomic E-state index is 13.4. The van der Waals surface area contributed by atoms with Crippen molar-refractivity contribution in [2.75, 3.05) is 0 Å². The topological polar surface area (TPSA) is 30.0 Å². The first-order valence-corrected chi connectivity index (χ1v) is 6.84. The summed E-state index contributed by atoms with van der Waals surface area (Å²) in [6, 6.07) is 13.5. The minimum atomic E-state index is -0.510. The van der Waals surface area contributed by atoms with Crippen LogP contribution in [0.4, 0.5) is 4.39 Å². The van der Waals surface area contributed by atoms with Gasteiger partial charge in [-0.05, 0) is 35.9 Å². The van der Waals surface area contributed by atoms with Gasteiger partial charge in [0.25, 0.3) is 0 Å². The van der Waals surface area contributed by atoms with E-state index in [0.29, 0.717) is 11.1 Å². The Bertz CT molecular complexity index is 832. The minimum Gasteiger partial charge on any atom is -0.294 e. The van der Waals surface area contributed by atoms with E-state index in [2.05, 4.69) is 4.98 Å². The van der Waals surface area contributed by atoms with Crippen molar-refractivity contribution in [3.05, 3.63) is 76.7 Å². The monoisotopic (exact) mass is 299 g/mol. The standard InChI is InChI=1S/C17H11ClFNO/c18-17-13(3-1-5-14(17)19)10-16(21)12-6-7-15-11(9-12)4-2-8-20-15/h1-9H,10H2. The van der Waals surface area contributed by atoms with Gasteiger partial charge in [-0.1, -0.05) is 29.8 Å². The number of ketones is 1. The third-order valence-electron chi connectivity index (χ3n) is 3.31. The molecule has 0 amide bonds. The maximum atomic E-state index is 13.4. The van der Waals surface area contributed by atoms with Crippen molar-refractivity contribution in [2.24, 2.45) is 0 Å². The summed E-state index contributed by atoms with van der Waals surface area (Å²) in [4.78, 5) is 16.5. The van der Waals surface area contributed by atoms with Gasteiger partial charge in [-0.25, -0.2) is 4.39 Å². The van der Waals surface area contributed by atoms with Gasteiger partial charge >= 0.3 is 0 Å². The molecule has 0 saturated heterocycles. The predicted molar refractivity (Wildman–Crippen MR) is 81.2 cm³/mol. The zero-order chi connectivity index (χ0) is 14.8. The molecule has 21 heavy (non-hydrogen) atoms. The van der Waals surface area contributed by atoms with Crippen LogP contribution in [-0.4, -0.2) is 10.8 Å². The Labute approximate surface area is 126 Å². The van der Waals surface area contributed by atoms with Gasteiger partial charge in [0.1, 0.15) is 5.82 Å². The van der Waals surface area contributed by atoms with Crippen molar-refractivity contribution in [2.45, 2.75) is 6.42 Å². The first kappa shape index (κ1) is 13.7. The molecule has 0 N–H and O–H groups in total. The van der Waals surface area contributed by atoms with E-state index in [9.17, 15) is 9.18 Å². The van der Waals surface area contributed by atoms with Crippen LogP contribution in [0, 0.1) is 5.82 Å². The molecule has 4 heteroatoms. The molecule has 2 nitrogen and oxygen atoms in total. The fraction of sp³-hybridized carbons (Fsp3) is 0.0588. The van der Waals surface area contributed by atoms with E-state index in [1.165, 1.54) is 6.07 Å². The highest BCUT2D eigenvalue weighted by Crippen LogP contribution is 2.22. The number of fused-ring (bicyclic) bond motifs is 1. The largest absolute Gasteiger partial charge is 0.294 e. The van der Waals surface area contributed by atoms with Crippen LogP contribution in [-0.2, 0) is 6.42 Å². The molecule has 0 fully saturated rings. The summed E-state index contributed by atoms with van der Waals surface area (Å²) in [6.45, 7) is 0. The first-order valence-electron chi connectivity index (χ1n) is 6.46. The lowest BCUT2D eigenvalue weighted by Crippen LogP contribution is -2.04. The molecule has 1 heterocycles. The highest BCUT2D eigenvalue weighted by Gasteiger charge is 2.12. The van der Waals surface area contributed by atoms with Crippen LogP contribution < -0.4 is 0 Å². The molecular weight excluding hydrogens is 289 g/mol. The van der Waals surface area contributed by atoms with E-state index in [0.717, 1.165) is 10.9 Å². The number of nitrogens with zero attached hydrogens (tertiary/aromatic N) is 1. The van der Waals surface area contributed by atoms with Crippen molar-refractivity contribution in [3.8, 4) is 0 Å². The molecule has 0 bridgehead atoms. The van der Waals surface area contributed by atoms with Gasteiger partial charge in [0, 0.05) is 23.6 Å². The van der Waals surface area contributed by atoms with Crippen LogP contribution in [0.5, 0.6) is 0 Å². The second kappa shape index (κ2) is 5.62. The number of rotatable bonds is 3. The number of aromatic nitrogens is 1. The lowest BCUT2D eigenvalue weighted by Gasteiger charge is -2.05. The summed E-state index contributed by atoms with van der Waals surface area (Å²) in [5, 5.41) is 0.905. The summed E-state index contributed by atoms with van der Waals surface area (Å²) < 4.78 is 13.4. The fourth-order valence-corrected chi connectivity index (χ4v) is 2.40. The average molecular weight is 300 g/mol. The van der Waals surface area contributed by atoms with E-state index >= 15 is 0 Å². The highest BCUT2D eigenvalue weighted by molar-refractivity contribution is 6.31. The fourth-order valence-electron chi connectivity index (χ4n) is 2.21. The Kier molecular flexibility index (Phi) is 3.67. The number of benzene rings is 2. The first-order chi connectivity index (χ1) is 10.1. The predicted octanol–water partition coefficient (Wildman–Crippen LogP) is 4.45. The molecule has 0 spiro atoms. The van der Waals surface area contributed by atoms with Crippen molar-refractivity contribution < 1.29 is 9.18 Å². The normalized spacial score (nSPS) is 10.8. The summed E-state index contributed by atoms with van der Waals surface area (Å²) in [5.74, 6) is -0.613. The van der Waals surface area contributed by atoms with E-state index in [1.54, 1.807) is 36.5 Å². The number of carbonyl (C=O) groups is 1. The molecule has 0 atom stereocenters. The van der Waals surface area contributed by atoms with Crippen LogP contribution in [0.3, 0.4) is 0 Å². The Hall–Kier alpha value is -2.26. The van der Waals surface area contributed by atoms with Gasteiger partial charge in [-0.15, -0.1) is 0 Å². The highest BCUT2D eigenvalue weighted by atomic mass is 35.5. The third-order valence-corrected chi connectivity index (χ3v) is 3.73. The molecule has 0 unspecified atom stereocenters. The Morgan fingerprint density at radius 1 is 1.14 bits per heavy atom. The molecule has 2 aromatic carbocycles. The lowest BCUT2D eigenvalue weighted by molar-refractivity contribution is 0.0993. The van der Waals surface area contributed by atoms with Crippen molar-refractivity contribution in [3.63, 3.8) is 0 Å². The zero-order valence-corrected chi connectivity index (χ0v) is 11.8. The number of halogens is 2. The molecule has 0 aliphatic rings. The number of Topliss-reactive ketones (excluding diaryl/α,β-unsaturated/α-hetero) is 1. The Morgan fingerprint density at radius 2 is 2.00 bits per heavy atom. The van der Waals surface area contributed by atoms with Crippen molar-refractivity contribution >= 4 is 28.3 Å². The molecule has 3 rings (SSSR count). The van der Waals surface area contributed by atoms with Gasteiger partial charge in [0.2, 0.25) is 0 Å². The molecule has 3 aromatic rings. The zero-order valence-electron chi connectivity index (χ0n) is 11.0. The quantitative estimate of drug-likeness (QED) is 0.669. The summed E-state index contributed by atoms with van der Waals surface area (Å²) in [5.41, 5.74) is 1.89.